The number of carbonyl (C=O) groups excluding carboxylic acids is 2. The fourth-order valence-corrected chi connectivity index (χ4v) is 4.64. The van der Waals surface area contributed by atoms with E-state index in [-0.39, 0.29) is 37.1 Å². The number of methoxy groups -OCH3 is 2. The van der Waals surface area contributed by atoms with E-state index in [1.54, 1.807) is 54.5 Å². The molecule has 2 amide bonds. The predicted octanol–water partition coefficient (Wildman–Crippen LogP) is 6.00. The van der Waals surface area contributed by atoms with Crippen LogP contribution in [0.15, 0.2) is 97.1 Å². The Kier molecular flexibility index (Phi) is 10.3. The van der Waals surface area contributed by atoms with Crippen molar-refractivity contribution in [3.05, 3.63) is 130 Å². The van der Waals surface area contributed by atoms with Gasteiger partial charge in [0.1, 0.15) is 11.9 Å². The Bertz CT molecular complexity index is 1450. The summed E-state index contributed by atoms with van der Waals surface area (Å²) in [5.41, 5.74) is 3.19. The molecule has 41 heavy (non-hydrogen) atoms. The van der Waals surface area contributed by atoms with Gasteiger partial charge in [-0.2, -0.15) is 0 Å². The Labute approximate surface area is 244 Å². The molecular formula is C33H32ClFN2O4. The van der Waals surface area contributed by atoms with Crippen LogP contribution >= 0.6 is 11.6 Å². The number of nitrogens with zero attached hydrogens (tertiary/aromatic N) is 1. The molecule has 0 radical (unpaired) electrons. The summed E-state index contributed by atoms with van der Waals surface area (Å²) in [6, 6.07) is 27.1. The van der Waals surface area contributed by atoms with Crippen molar-refractivity contribution in [2.24, 2.45) is 0 Å². The quantitative estimate of drug-likeness (QED) is 0.225. The van der Waals surface area contributed by atoms with Crippen LogP contribution in [0.5, 0.6) is 11.5 Å². The van der Waals surface area contributed by atoms with Crippen molar-refractivity contribution in [2.45, 2.75) is 32.0 Å². The molecule has 4 rings (SSSR count). The van der Waals surface area contributed by atoms with Gasteiger partial charge in [-0.1, -0.05) is 72.3 Å². The molecule has 0 aliphatic carbocycles. The summed E-state index contributed by atoms with van der Waals surface area (Å²) in [6.07, 6.45) is 0.323. The lowest BCUT2D eigenvalue weighted by Crippen LogP contribution is -2.50. The van der Waals surface area contributed by atoms with E-state index in [1.165, 1.54) is 19.2 Å². The van der Waals surface area contributed by atoms with Crippen LogP contribution < -0.4 is 14.8 Å². The molecule has 0 aliphatic heterocycles. The molecular weight excluding hydrogens is 543 g/mol. The first-order chi connectivity index (χ1) is 19.9. The lowest BCUT2D eigenvalue weighted by atomic mass is 10.0. The standard InChI is InChI=1S/C33H32ClFN2O4/c1-40-30-17-12-26(19-31(30)41-2)20-32(38)37(22-25-10-15-28(35)16-11-25)29(18-23-6-4-3-5-7-23)33(39)36-21-24-8-13-27(34)14-9-24/h3-17,19,29H,18,20-22H2,1-2H3,(H,36,39). The topological polar surface area (TPSA) is 67.9 Å². The van der Waals surface area contributed by atoms with Crippen LogP contribution in [-0.4, -0.2) is 37.0 Å². The Morgan fingerprint density at radius 1 is 0.805 bits per heavy atom. The smallest absolute Gasteiger partial charge is 0.243 e. The van der Waals surface area contributed by atoms with Crippen molar-refractivity contribution in [1.29, 1.82) is 0 Å². The van der Waals surface area contributed by atoms with Gasteiger partial charge in [-0.15, -0.1) is 0 Å². The fourth-order valence-electron chi connectivity index (χ4n) is 4.52. The molecule has 0 aromatic heterocycles. The van der Waals surface area contributed by atoms with Gasteiger partial charge in [-0.05, 0) is 58.7 Å². The summed E-state index contributed by atoms with van der Waals surface area (Å²) in [6.45, 7) is 0.397. The van der Waals surface area contributed by atoms with E-state index >= 15 is 0 Å². The Morgan fingerprint density at radius 3 is 2.10 bits per heavy atom. The maximum atomic E-state index is 14.0. The van der Waals surface area contributed by atoms with Gasteiger partial charge in [-0.25, -0.2) is 4.39 Å². The number of hydrogen-bond donors (Lipinski definition) is 1. The van der Waals surface area contributed by atoms with Crippen LogP contribution in [0.25, 0.3) is 0 Å². The lowest BCUT2D eigenvalue weighted by molar-refractivity contribution is -0.140. The minimum atomic E-state index is -0.831. The van der Waals surface area contributed by atoms with E-state index in [0.717, 1.165) is 11.1 Å². The molecule has 0 aliphatic rings. The molecule has 0 heterocycles. The van der Waals surface area contributed by atoms with Crippen LogP contribution in [0.1, 0.15) is 22.3 Å². The van der Waals surface area contributed by atoms with Crippen molar-refractivity contribution >= 4 is 23.4 Å². The molecule has 0 saturated heterocycles. The summed E-state index contributed by atoms with van der Waals surface area (Å²) in [5.74, 6) is 0.119. The van der Waals surface area contributed by atoms with Crippen LogP contribution in [0, 0.1) is 5.82 Å². The highest BCUT2D eigenvalue weighted by Gasteiger charge is 2.30. The van der Waals surface area contributed by atoms with Gasteiger partial charge in [0.25, 0.3) is 0 Å². The molecule has 1 atom stereocenters. The summed E-state index contributed by atoms with van der Waals surface area (Å²) >= 11 is 6.01. The first kappa shape index (κ1) is 29.6. The second-order valence-corrected chi connectivity index (χ2v) is 10.0. The van der Waals surface area contributed by atoms with E-state index in [1.807, 2.05) is 42.5 Å². The zero-order chi connectivity index (χ0) is 29.2. The Hall–Kier alpha value is -4.36. The van der Waals surface area contributed by atoms with Gasteiger partial charge in [0.2, 0.25) is 11.8 Å². The summed E-state index contributed by atoms with van der Waals surface area (Å²) in [7, 11) is 3.08. The van der Waals surface area contributed by atoms with Gasteiger partial charge in [0.05, 0.1) is 20.6 Å². The van der Waals surface area contributed by atoms with E-state index in [0.29, 0.717) is 34.1 Å². The number of hydrogen-bond acceptors (Lipinski definition) is 4. The molecule has 0 saturated carbocycles. The summed E-state index contributed by atoms with van der Waals surface area (Å²) < 4.78 is 24.4. The molecule has 4 aromatic carbocycles. The zero-order valence-electron chi connectivity index (χ0n) is 23.0. The van der Waals surface area contributed by atoms with Gasteiger partial charge < -0.3 is 19.7 Å². The van der Waals surface area contributed by atoms with Crippen molar-refractivity contribution in [2.75, 3.05) is 14.2 Å². The molecule has 1 unspecified atom stereocenters. The third kappa shape index (κ3) is 8.32. The normalized spacial score (nSPS) is 11.4. The fraction of sp³-hybridized carbons (Fsp3) is 0.212. The van der Waals surface area contributed by atoms with Crippen molar-refractivity contribution in [1.82, 2.24) is 10.2 Å². The summed E-state index contributed by atoms with van der Waals surface area (Å²) in [5, 5.41) is 3.60. The highest BCUT2D eigenvalue weighted by atomic mass is 35.5. The minimum absolute atomic E-state index is 0.0251. The maximum Gasteiger partial charge on any atom is 0.243 e. The lowest BCUT2D eigenvalue weighted by Gasteiger charge is -2.32. The second-order valence-electron chi connectivity index (χ2n) is 9.56. The molecule has 4 aromatic rings. The molecule has 6 nitrogen and oxygen atoms in total. The van der Waals surface area contributed by atoms with Gasteiger partial charge in [-0.3, -0.25) is 9.59 Å². The van der Waals surface area contributed by atoms with E-state index in [9.17, 15) is 14.0 Å². The van der Waals surface area contributed by atoms with Crippen molar-refractivity contribution in [3.8, 4) is 11.5 Å². The SMILES string of the molecule is COc1ccc(CC(=O)N(Cc2ccc(F)cc2)C(Cc2ccccc2)C(=O)NCc2ccc(Cl)cc2)cc1OC. The van der Waals surface area contributed by atoms with E-state index in [4.69, 9.17) is 21.1 Å². The number of ether oxygens (including phenoxy) is 2. The Balaban J connectivity index is 1.66. The first-order valence-electron chi connectivity index (χ1n) is 13.2. The molecule has 8 heteroatoms. The van der Waals surface area contributed by atoms with Crippen LogP contribution in [0.4, 0.5) is 4.39 Å². The number of nitrogens with one attached hydrogen (secondary N) is 1. The second kappa shape index (κ2) is 14.3. The van der Waals surface area contributed by atoms with Gasteiger partial charge >= 0.3 is 0 Å². The molecule has 1 N–H and O–H groups in total. The largest absolute Gasteiger partial charge is 0.493 e. The number of amides is 2. The van der Waals surface area contributed by atoms with E-state index in [2.05, 4.69) is 5.32 Å². The van der Waals surface area contributed by atoms with Crippen LogP contribution in [-0.2, 0) is 35.5 Å². The van der Waals surface area contributed by atoms with Crippen LogP contribution in [0.3, 0.4) is 0 Å². The third-order valence-corrected chi connectivity index (χ3v) is 6.97. The number of halogens is 2. The van der Waals surface area contributed by atoms with Crippen LogP contribution in [0.2, 0.25) is 5.02 Å². The monoisotopic (exact) mass is 574 g/mol. The third-order valence-electron chi connectivity index (χ3n) is 6.72. The highest BCUT2D eigenvalue weighted by molar-refractivity contribution is 6.30. The average molecular weight is 575 g/mol. The first-order valence-corrected chi connectivity index (χ1v) is 13.5. The number of carbonyl (C=O) groups is 2. The van der Waals surface area contributed by atoms with Gasteiger partial charge in [0, 0.05) is 24.5 Å². The molecule has 0 spiro atoms. The minimum Gasteiger partial charge on any atom is -0.493 e. The Morgan fingerprint density at radius 2 is 1.44 bits per heavy atom. The maximum absolute atomic E-state index is 14.0. The number of rotatable bonds is 12. The number of benzene rings is 4. The van der Waals surface area contributed by atoms with E-state index < -0.39 is 6.04 Å². The summed E-state index contributed by atoms with van der Waals surface area (Å²) in [4.78, 5) is 29.3. The van der Waals surface area contributed by atoms with Gasteiger partial charge in [0.15, 0.2) is 11.5 Å². The molecule has 212 valence electrons. The average Bonchev–Trinajstić information content (AvgIpc) is 2.99. The van der Waals surface area contributed by atoms with Crippen molar-refractivity contribution in [3.63, 3.8) is 0 Å². The zero-order valence-corrected chi connectivity index (χ0v) is 23.7. The predicted molar refractivity (Wildman–Crippen MR) is 157 cm³/mol. The highest BCUT2D eigenvalue weighted by Crippen LogP contribution is 2.28. The van der Waals surface area contributed by atoms with Crippen molar-refractivity contribution < 1.29 is 23.5 Å². The molecule has 0 fully saturated rings. The molecule has 0 bridgehead atoms.